The number of nitrogens with one attached hydrogen (secondary N) is 1. The van der Waals surface area contributed by atoms with Crippen LogP contribution in [0.4, 0.5) is 0 Å². The van der Waals surface area contributed by atoms with Crippen molar-refractivity contribution in [3.8, 4) is 0 Å². The Labute approximate surface area is 140 Å². The molecule has 1 saturated carbocycles. The number of nitrogens with zero attached hydrogens (tertiary/aromatic N) is 3. The number of amides is 1. The highest BCUT2D eigenvalue weighted by molar-refractivity contribution is 7.98. The zero-order valence-electron chi connectivity index (χ0n) is 14.0. The quantitative estimate of drug-likeness (QED) is 0.676. The third-order valence-electron chi connectivity index (χ3n) is 4.34. The zero-order valence-corrected chi connectivity index (χ0v) is 14.8. The van der Waals surface area contributed by atoms with Crippen LogP contribution in [-0.2, 0) is 13.6 Å². The van der Waals surface area contributed by atoms with Crippen LogP contribution < -0.4 is 5.32 Å². The molecule has 1 aliphatic carbocycles. The van der Waals surface area contributed by atoms with E-state index in [1.807, 2.05) is 39.3 Å². The first kappa shape index (κ1) is 16.1. The zero-order chi connectivity index (χ0) is 16.6. The number of rotatable bonds is 5. The molecule has 1 fully saturated rings. The van der Waals surface area contributed by atoms with Crippen molar-refractivity contribution in [3.05, 3.63) is 40.6 Å². The average molecular weight is 330 g/mol. The van der Waals surface area contributed by atoms with E-state index in [0.717, 1.165) is 35.1 Å². The first-order chi connectivity index (χ1) is 11.0. The molecule has 1 amide bonds. The molecule has 0 spiro atoms. The Balaban J connectivity index is 1.79. The van der Waals surface area contributed by atoms with E-state index < -0.39 is 0 Å². The van der Waals surface area contributed by atoms with Gasteiger partial charge in [-0.2, -0.15) is 0 Å². The maximum atomic E-state index is 12.6. The predicted molar refractivity (Wildman–Crippen MR) is 91.8 cm³/mol. The first-order valence-corrected chi connectivity index (χ1v) is 9.05. The van der Waals surface area contributed by atoms with Crippen LogP contribution in [0.25, 0.3) is 0 Å². The summed E-state index contributed by atoms with van der Waals surface area (Å²) in [6.07, 6.45) is 4.27. The van der Waals surface area contributed by atoms with Crippen molar-refractivity contribution in [1.82, 2.24) is 19.9 Å². The number of carbonyl (C=O) groups is 1. The molecule has 1 N–H and O–H groups in total. The van der Waals surface area contributed by atoms with E-state index in [1.54, 1.807) is 0 Å². The summed E-state index contributed by atoms with van der Waals surface area (Å²) in [5.41, 5.74) is 3.63. The number of carbonyl (C=O) groups excluding carboxylic acids is 1. The number of aromatic nitrogens is 3. The third kappa shape index (κ3) is 3.27. The van der Waals surface area contributed by atoms with Gasteiger partial charge in [0.05, 0.1) is 17.8 Å². The second kappa shape index (κ2) is 6.35. The summed E-state index contributed by atoms with van der Waals surface area (Å²) in [6.45, 7) is 4.45. The van der Waals surface area contributed by atoms with Crippen LogP contribution >= 0.6 is 11.8 Å². The molecule has 0 aromatic carbocycles. The van der Waals surface area contributed by atoms with Crippen molar-refractivity contribution in [2.75, 3.05) is 6.26 Å². The highest BCUT2D eigenvalue weighted by Gasteiger charge is 2.29. The third-order valence-corrected chi connectivity index (χ3v) is 5.03. The van der Waals surface area contributed by atoms with E-state index in [9.17, 15) is 4.79 Å². The fourth-order valence-corrected chi connectivity index (χ4v) is 3.23. The van der Waals surface area contributed by atoms with E-state index in [-0.39, 0.29) is 5.91 Å². The molecule has 2 aromatic heterocycles. The molecule has 0 radical (unpaired) electrons. The summed E-state index contributed by atoms with van der Waals surface area (Å²) in [7, 11) is 2.00. The summed E-state index contributed by atoms with van der Waals surface area (Å²) in [6, 6.07) is 4.08. The van der Waals surface area contributed by atoms with E-state index in [4.69, 9.17) is 0 Å². The van der Waals surface area contributed by atoms with Gasteiger partial charge in [0.1, 0.15) is 10.9 Å². The summed E-state index contributed by atoms with van der Waals surface area (Å²) >= 11 is 1.51. The Kier molecular flexibility index (Phi) is 4.43. The normalized spacial score (nSPS) is 14.1. The van der Waals surface area contributed by atoms with Gasteiger partial charge in [-0.05, 0) is 45.1 Å². The lowest BCUT2D eigenvalue weighted by atomic mass is 10.2. The first-order valence-electron chi connectivity index (χ1n) is 7.83. The molecule has 0 saturated heterocycles. The molecule has 0 aliphatic heterocycles. The lowest BCUT2D eigenvalue weighted by Gasteiger charge is -2.12. The number of aryl methyl sites for hydroxylation is 2. The molecule has 2 heterocycles. The van der Waals surface area contributed by atoms with Gasteiger partial charge in [-0.1, -0.05) is 0 Å². The topological polar surface area (TPSA) is 59.8 Å². The van der Waals surface area contributed by atoms with Gasteiger partial charge in [0, 0.05) is 24.4 Å². The number of hydrogen-bond donors (Lipinski definition) is 1. The molecular formula is C17H22N4OS. The standard InChI is InChI=1S/C17H22N4OS/c1-10-5-8-13(21(10)3)9-18-16(22)14-11(2)19-15(12-6-7-12)20-17(14)23-4/h5,8,12H,6-7,9H2,1-4H3,(H,18,22). The molecule has 2 aromatic rings. The van der Waals surface area contributed by atoms with E-state index >= 15 is 0 Å². The molecule has 0 bridgehead atoms. The minimum atomic E-state index is -0.104. The fourth-order valence-electron chi connectivity index (χ4n) is 2.60. The summed E-state index contributed by atoms with van der Waals surface area (Å²) in [5.74, 6) is 1.28. The fraction of sp³-hybridized carbons (Fsp3) is 0.471. The van der Waals surface area contributed by atoms with Gasteiger partial charge in [0.2, 0.25) is 0 Å². The minimum Gasteiger partial charge on any atom is -0.350 e. The van der Waals surface area contributed by atoms with Crippen LogP contribution in [0.5, 0.6) is 0 Å². The highest BCUT2D eigenvalue weighted by Crippen LogP contribution is 2.39. The molecule has 0 atom stereocenters. The molecule has 5 nitrogen and oxygen atoms in total. The molecule has 23 heavy (non-hydrogen) atoms. The Morgan fingerprint density at radius 3 is 2.65 bits per heavy atom. The lowest BCUT2D eigenvalue weighted by Crippen LogP contribution is -2.26. The van der Waals surface area contributed by atoms with E-state index in [1.165, 1.54) is 17.5 Å². The molecular weight excluding hydrogens is 308 g/mol. The van der Waals surface area contributed by atoms with Crippen molar-refractivity contribution in [1.29, 1.82) is 0 Å². The van der Waals surface area contributed by atoms with Gasteiger partial charge in [-0.15, -0.1) is 11.8 Å². The van der Waals surface area contributed by atoms with E-state index in [2.05, 4.69) is 19.9 Å². The van der Waals surface area contributed by atoms with Crippen LogP contribution in [0.15, 0.2) is 17.2 Å². The van der Waals surface area contributed by atoms with Crippen LogP contribution in [-0.4, -0.2) is 26.7 Å². The predicted octanol–water partition coefficient (Wildman–Crippen LogP) is 2.96. The Bertz CT molecular complexity index is 749. The Morgan fingerprint density at radius 2 is 2.09 bits per heavy atom. The van der Waals surface area contributed by atoms with Crippen molar-refractivity contribution in [3.63, 3.8) is 0 Å². The summed E-state index contributed by atoms with van der Waals surface area (Å²) in [4.78, 5) is 21.8. The SMILES string of the molecule is CSc1nc(C2CC2)nc(C)c1C(=O)NCc1ccc(C)n1C. The average Bonchev–Trinajstić information content (AvgIpc) is 3.33. The smallest absolute Gasteiger partial charge is 0.256 e. The largest absolute Gasteiger partial charge is 0.350 e. The van der Waals surface area contributed by atoms with Crippen LogP contribution in [0.3, 0.4) is 0 Å². The van der Waals surface area contributed by atoms with Crippen molar-refractivity contribution in [2.45, 2.75) is 44.2 Å². The highest BCUT2D eigenvalue weighted by atomic mass is 32.2. The van der Waals surface area contributed by atoms with Gasteiger partial charge in [0.25, 0.3) is 5.91 Å². The summed E-state index contributed by atoms with van der Waals surface area (Å²) < 4.78 is 2.08. The van der Waals surface area contributed by atoms with Gasteiger partial charge in [0.15, 0.2) is 0 Å². The molecule has 0 unspecified atom stereocenters. The number of hydrogen-bond acceptors (Lipinski definition) is 4. The minimum absolute atomic E-state index is 0.104. The number of thioether (sulfide) groups is 1. The van der Waals surface area contributed by atoms with Gasteiger partial charge in [-0.3, -0.25) is 4.79 Å². The monoisotopic (exact) mass is 330 g/mol. The van der Waals surface area contributed by atoms with Crippen molar-refractivity contribution in [2.24, 2.45) is 7.05 Å². The molecule has 6 heteroatoms. The second-order valence-electron chi connectivity index (χ2n) is 6.03. The van der Waals surface area contributed by atoms with Gasteiger partial charge >= 0.3 is 0 Å². The van der Waals surface area contributed by atoms with E-state index in [0.29, 0.717) is 18.0 Å². The molecule has 3 rings (SSSR count). The van der Waals surface area contributed by atoms with Crippen molar-refractivity contribution < 1.29 is 4.79 Å². The Morgan fingerprint density at radius 1 is 1.35 bits per heavy atom. The summed E-state index contributed by atoms with van der Waals surface area (Å²) in [5, 5.41) is 3.77. The van der Waals surface area contributed by atoms with Gasteiger partial charge in [-0.25, -0.2) is 9.97 Å². The van der Waals surface area contributed by atoms with Gasteiger partial charge < -0.3 is 9.88 Å². The van der Waals surface area contributed by atoms with Crippen LogP contribution in [0, 0.1) is 13.8 Å². The van der Waals surface area contributed by atoms with Crippen molar-refractivity contribution >= 4 is 17.7 Å². The maximum Gasteiger partial charge on any atom is 0.256 e. The van der Waals surface area contributed by atoms with Crippen LogP contribution in [0.2, 0.25) is 0 Å². The lowest BCUT2D eigenvalue weighted by molar-refractivity contribution is 0.0945. The molecule has 122 valence electrons. The molecule has 1 aliphatic rings. The second-order valence-corrected chi connectivity index (χ2v) is 6.83. The Hall–Kier alpha value is -1.82. The maximum absolute atomic E-state index is 12.6. The van der Waals surface area contributed by atoms with Crippen LogP contribution in [0.1, 0.15) is 52.0 Å².